The first kappa shape index (κ1) is 25.8. The number of phenolic OH excluding ortho intramolecular Hbond substituents is 2. The van der Waals surface area contributed by atoms with E-state index in [2.05, 4.69) is 0 Å². The van der Waals surface area contributed by atoms with E-state index in [1.807, 2.05) is 0 Å². The van der Waals surface area contributed by atoms with Crippen LogP contribution in [-0.4, -0.2) is 32.4 Å². The Hall–Kier alpha value is -2.24. The quantitative estimate of drug-likeness (QED) is 0.232. The lowest BCUT2D eigenvalue weighted by Gasteiger charge is -2.18. The monoisotopic (exact) mass is 422 g/mol. The minimum atomic E-state index is -0.786. The van der Waals surface area contributed by atoms with E-state index in [9.17, 15) is 19.8 Å². The molecule has 0 aliphatic carbocycles. The number of unbranched alkanes of at least 4 members (excludes halogenated alkanes) is 4. The fraction of sp³-hybridized carbons (Fsp3) is 0.667. The Balaban J connectivity index is 2.42. The number of carboxylic acids is 2. The summed E-state index contributed by atoms with van der Waals surface area (Å²) in [5.41, 5.74) is -0.0226. The number of carbonyl (C=O) groups is 2. The first-order valence-electron chi connectivity index (χ1n) is 10.9. The summed E-state index contributed by atoms with van der Waals surface area (Å²) >= 11 is 0. The Morgan fingerprint density at radius 3 is 1.30 bits per heavy atom. The van der Waals surface area contributed by atoms with Gasteiger partial charge in [-0.25, -0.2) is 0 Å². The molecule has 0 atom stereocenters. The highest BCUT2D eigenvalue weighted by Gasteiger charge is 2.26. The molecule has 30 heavy (non-hydrogen) atoms. The largest absolute Gasteiger partial charge is 0.508 e. The SMILES string of the molecule is CC(C)(CCCCCc1cc(O)c(CCCCCC(C)(C)C(=O)O)cc1O)C(=O)O. The van der Waals surface area contributed by atoms with E-state index in [0.717, 1.165) is 38.5 Å². The predicted octanol–water partition coefficient (Wildman–Crippen LogP) is 5.53. The molecule has 0 fully saturated rings. The molecule has 0 spiro atoms. The maximum absolute atomic E-state index is 11.1. The number of benzene rings is 1. The van der Waals surface area contributed by atoms with Gasteiger partial charge in [0.25, 0.3) is 0 Å². The molecule has 0 unspecified atom stereocenters. The summed E-state index contributed by atoms with van der Waals surface area (Å²) in [6, 6.07) is 3.25. The molecule has 0 radical (unpaired) electrons. The average molecular weight is 423 g/mol. The molecule has 0 heterocycles. The van der Waals surface area contributed by atoms with E-state index in [4.69, 9.17) is 10.2 Å². The van der Waals surface area contributed by atoms with Crippen molar-refractivity contribution in [2.24, 2.45) is 10.8 Å². The Morgan fingerprint density at radius 2 is 1.00 bits per heavy atom. The van der Waals surface area contributed by atoms with Gasteiger partial charge in [-0.05, 0) is 89.5 Å². The van der Waals surface area contributed by atoms with Gasteiger partial charge in [0.1, 0.15) is 11.5 Å². The van der Waals surface area contributed by atoms with Crippen molar-refractivity contribution < 1.29 is 30.0 Å². The van der Waals surface area contributed by atoms with E-state index in [0.29, 0.717) is 36.8 Å². The molecule has 170 valence electrons. The number of carboxylic acid groups (broad SMARTS) is 2. The van der Waals surface area contributed by atoms with Crippen LogP contribution in [0, 0.1) is 10.8 Å². The summed E-state index contributed by atoms with van der Waals surface area (Å²) < 4.78 is 0. The van der Waals surface area contributed by atoms with Crippen molar-refractivity contribution >= 4 is 11.9 Å². The molecule has 0 amide bonds. The van der Waals surface area contributed by atoms with E-state index < -0.39 is 22.8 Å². The highest BCUT2D eigenvalue weighted by atomic mass is 16.4. The van der Waals surface area contributed by atoms with Gasteiger partial charge in [0.2, 0.25) is 0 Å². The first-order valence-corrected chi connectivity index (χ1v) is 10.9. The molecular weight excluding hydrogens is 384 g/mol. The summed E-state index contributed by atoms with van der Waals surface area (Å²) in [7, 11) is 0. The van der Waals surface area contributed by atoms with Gasteiger partial charge in [-0.1, -0.05) is 25.7 Å². The minimum Gasteiger partial charge on any atom is -0.508 e. The molecule has 0 saturated heterocycles. The van der Waals surface area contributed by atoms with Crippen molar-refractivity contribution in [3.8, 4) is 11.5 Å². The lowest BCUT2D eigenvalue weighted by atomic mass is 9.86. The van der Waals surface area contributed by atoms with Crippen LogP contribution in [-0.2, 0) is 22.4 Å². The molecule has 0 aliphatic heterocycles. The summed E-state index contributed by atoms with van der Waals surface area (Å²) in [5.74, 6) is -1.21. The molecule has 1 rings (SSSR count). The Labute approximate surface area is 180 Å². The van der Waals surface area contributed by atoms with Gasteiger partial charge in [0, 0.05) is 0 Å². The number of aryl methyl sites for hydroxylation is 2. The van der Waals surface area contributed by atoms with Crippen LogP contribution in [0.2, 0.25) is 0 Å². The van der Waals surface area contributed by atoms with Crippen LogP contribution in [0.1, 0.15) is 90.2 Å². The van der Waals surface area contributed by atoms with Gasteiger partial charge in [-0.3, -0.25) is 9.59 Å². The van der Waals surface area contributed by atoms with Crippen LogP contribution < -0.4 is 0 Å². The van der Waals surface area contributed by atoms with Crippen LogP contribution >= 0.6 is 0 Å². The van der Waals surface area contributed by atoms with Crippen LogP contribution in [0.3, 0.4) is 0 Å². The maximum atomic E-state index is 11.1. The summed E-state index contributed by atoms with van der Waals surface area (Å²) in [6.45, 7) is 6.91. The van der Waals surface area contributed by atoms with Gasteiger partial charge < -0.3 is 20.4 Å². The number of phenols is 2. The van der Waals surface area contributed by atoms with Crippen molar-refractivity contribution in [2.75, 3.05) is 0 Å². The Morgan fingerprint density at radius 1 is 0.667 bits per heavy atom. The van der Waals surface area contributed by atoms with Crippen molar-refractivity contribution in [2.45, 2.75) is 91.9 Å². The molecule has 0 aliphatic rings. The third-order valence-electron chi connectivity index (χ3n) is 5.93. The molecular formula is C24H38O6. The number of rotatable bonds is 14. The fourth-order valence-corrected chi connectivity index (χ4v) is 3.40. The zero-order chi connectivity index (χ0) is 22.9. The lowest BCUT2D eigenvalue weighted by Crippen LogP contribution is -2.23. The van der Waals surface area contributed by atoms with Crippen LogP contribution in [0.15, 0.2) is 12.1 Å². The number of aromatic hydroxyl groups is 2. The molecule has 0 saturated carbocycles. The summed E-state index contributed by atoms with van der Waals surface area (Å²) in [4.78, 5) is 22.2. The molecule has 6 nitrogen and oxygen atoms in total. The van der Waals surface area contributed by atoms with Crippen LogP contribution in [0.5, 0.6) is 11.5 Å². The number of hydrogen-bond acceptors (Lipinski definition) is 4. The molecule has 4 N–H and O–H groups in total. The van der Waals surface area contributed by atoms with Crippen LogP contribution in [0.25, 0.3) is 0 Å². The zero-order valence-electron chi connectivity index (χ0n) is 18.8. The molecule has 6 heteroatoms. The van der Waals surface area contributed by atoms with E-state index >= 15 is 0 Å². The minimum absolute atomic E-state index is 0.181. The lowest BCUT2D eigenvalue weighted by molar-refractivity contribution is -0.148. The smallest absolute Gasteiger partial charge is 0.309 e. The average Bonchev–Trinajstić information content (AvgIpc) is 2.64. The summed E-state index contributed by atoms with van der Waals surface area (Å²) in [5, 5.41) is 38.8. The van der Waals surface area contributed by atoms with Gasteiger partial charge in [-0.2, -0.15) is 0 Å². The van der Waals surface area contributed by atoms with E-state index in [-0.39, 0.29) is 11.5 Å². The second-order valence-corrected chi connectivity index (χ2v) is 9.61. The second kappa shape index (κ2) is 11.2. The predicted molar refractivity (Wildman–Crippen MR) is 117 cm³/mol. The molecule has 0 bridgehead atoms. The fourth-order valence-electron chi connectivity index (χ4n) is 3.40. The highest BCUT2D eigenvalue weighted by Crippen LogP contribution is 2.31. The number of aliphatic carboxylic acids is 2. The summed E-state index contributed by atoms with van der Waals surface area (Å²) in [6.07, 6.45) is 7.49. The Kier molecular flexibility index (Phi) is 9.66. The highest BCUT2D eigenvalue weighted by molar-refractivity contribution is 5.73. The molecule has 1 aromatic carbocycles. The first-order chi connectivity index (χ1) is 13.9. The van der Waals surface area contributed by atoms with Crippen LogP contribution in [0.4, 0.5) is 0 Å². The maximum Gasteiger partial charge on any atom is 0.309 e. The zero-order valence-corrected chi connectivity index (χ0v) is 18.8. The normalized spacial score (nSPS) is 12.1. The standard InChI is InChI=1S/C24H38O6/c1-23(2,21(27)28)13-9-5-7-11-17-15-20(26)18(16-19(17)25)12-8-6-10-14-24(3,4)22(29)30/h15-16,25-26H,5-14H2,1-4H3,(H,27,28)(H,29,30). The third kappa shape index (κ3) is 8.25. The van der Waals surface area contributed by atoms with Crippen molar-refractivity contribution in [1.29, 1.82) is 0 Å². The van der Waals surface area contributed by atoms with Gasteiger partial charge in [-0.15, -0.1) is 0 Å². The Bertz CT molecular complexity index is 659. The van der Waals surface area contributed by atoms with E-state index in [1.54, 1.807) is 39.8 Å². The molecule has 0 aromatic heterocycles. The number of hydrogen-bond donors (Lipinski definition) is 4. The van der Waals surface area contributed by atoms with Crippen molar-refractivity contribution in [3.63, 3.8) is 0 Å². The van der Waals surface area contributed by atoms with E-state index in [1.165, 1.54) is 0 Å². The third-order valence-corrected chi connectivity index (χ3v) is 5.93. The van der Waals surface area contributed by atoms with Crippen molar-refractivity contribution in [3.05, 3.63) is 23.3 Å². The van der Waals surface area contributed by atoms with Gasteiger partial charge in [0.05, 0.1) is 10.8 Å². The van der Waals surface area contributed by atoms with Crippen molar-refractivity contribution in [1.82, 2.24) is 0 Å². The van der Waals surface area contributed by atoms with Gasteiger partial charge >= 0.3 is 11.9 Å². The van der Waals surface area contributed by atoms with Gasteiger partial charge in [0.15, 0.2) is 0 Å². The topological polar surface area (TPSA) is 115 Å². The second-order valence-electron chi connectivity index (χ2n) is 9.61. The molecule has 1 aromatic rings.